The van der Waals surface area contributed by atoms with E-state index < -0.39 is 30.1 Å². The zero-order valence-corrected chi connectivity index (χ0v) is 10.8. The van der Waals surface area contributed by atoms with Crippen molar-refractivity contribution < 1.29 is 27.5 Å². The molecule has 0 aliphatic heterocycles. The van der Waals surface area contributed by atoms with E-state index in [0.29, 0.717) is 15.8 Å². The van der Waals surface area contributed by atoms with E-state index in [1.165, 1.54) is 6.20 Å². The lowest BCUT2D eigenvalue weighted by Gasteiger charge is -2.07. The van der Waals surface area contributed by atoms with Crippen molar-refractivity contribution in [3.8, 4) is 11.1 Å². The van der Waals surface area contributed by atoms with Crippen LogP contribution in [0.5, 0.6) is 0 Å². The van der Waals surface area contributed by atoms with Crippen LogP contribution in [-0.2, 0) is 6.54 Å². The number of benzene rings is 1. The second-order valence-corrected chi connectivity index (χ2v) is 4.49. The minimum absolute atomic E-state index is 0.285. The van der Waals surface area contributed by atoms with Gasteiger partial charge in [0, 0.05) is 11.8 Å². The first kappa shape index (κ1) is 15.0. The Balaban J connectivity index is 2.39. The highest BCUT2D eigenvalue weighted by Gasteiger charge is 2.28. The van der Waals surface area contributed by atoms with Crippen molar-refractivity contribution >= 4 is 5.97 Å². The third-order valence-electron chi connectivity index (χ3n) is 2.83. The molecule has 4 nitrogen and oxygen atoms in total. The van der Waals surface area contributed by atoms with Crippen molar-refractivity contribution in [2.75, 3.05) is 0 Å². The number of aromatic carboxylic acids is 1. The molecule has 8 heteroatoms. The number of aromatic nitrogens is 2. The van der Waals surface area contributed by atoms with E-state index in [1.807, 2.05) is 0 Å². The van der Waals surface area contributed by atoms with Crippen LogP contribution in [0.1, 0.15) is 15.9 Å². The SMILES string of the molecule is Cc1cc(C(=O)O)c(F)cc1-c1cnn(CC(F)(F)F)c1. The predicted molar refractivity (Wildman–Crippen MR) is 65.4 cm³/mol. The molecular weight excluding hydrogens is 292 g/mol. The van der Waals surface area contributed by atoms with E-state index in [2.05, 4.69) is 5.10 Å². The van der Waals surface area contributed by atoms with E-state index in [-0.39, 0.29) is 5.56 Å². The number of carboxylic acid groups (broad SMARTS) is 1. The first-order valence-electron chi connectivity index (χ1n) is 5.80. The number of hydrogen-bond acceptors (Lipinski definition) is 2. The highest BCUT2D eigenvalue weighted by molar-refractivity contribution is 5.89. The summed E-state index contributed by atoms with van der Waals surface area (Å²) in [6.07, 6.45) is -2.10. The smallest absolute Gasteiger partial charge is 0.408 e. The van der Waals surface area contributed by atoms with Gasteiger partial charge in [0.05, 0.1) is 11.8 Å². The summed E-state index contributed by atoms with van der Waals surface area (Å²) in [6.45, 7) is 0.296. The highest BCUT2D eigenvalue weighted by Crippen LogP contribution is 2.27. The van der Waals surface area contributed by atoms with E-state index >= 15 is 0 Å². The van der Waals surface area contributed by atoms with Crippen molar-refractivity contribution in [3.63, 3.8) is 0 Å². The monoisotopic (exact) mass is 302 g/mol. The molecule has 112 valence electrons. The second-order valence-electron chi connectivity index (χ2n) is 4.49. The normalized spacial score (nSPS) is 11.7. The molecule has 0 saturated heterocycles. The minimum Gasteiger partial charge on any atom is -0.478 e. The molecule has 1 heterocycles. The largest absolute Gasteiger partial charge is 0.478 e. The maximum atomic E-state index is 13.7. The molecule has 2 aromatic rings. The average Bonchev–Trinajstić information content (AvgIpc) is 2.77. The molecule has 0 bridgehead atoms. The number of carbonyl (C=O) groups is 1. The van der Waals surface area contributed by atoms with Crippen LogP contribution in [0.3, 0.4) is 0 Å². The van der Waals surface area contributed by atoms with Gasteiger partial charge in [0.15, 0.2) is 0 Å². The van der Waals surface area contributed by atoms with Gasteiger partial charge in [-0.1, -0.05) is 0 Å². The summed E-state index contributed by atoms with van der Waals surface area (Å²) in [4.78, 5) is 10.8. The Morgan fingerprint density at radius 1 is 1.38 bits per heavy atom. The van der Waals surface area contributed by atoms with Gasteiger partial charge < -0.3 is 5.11 Å². The third-order valence-corrected chi connectivity index (χ3v) is 2.83. The number of carboxylic acids is 1. The molecule has 0 aliphatic carbocycles. The van der Waals surface area contributed by atoms with Gasteiger partial charge in [-0.25, -0.2) is 9.18 Å². The fourth-order valence-corrected chi connectivity index (χ4v) is 1.93. The van der Waals surface area contributed by atoms with Gasteiger partial charge in [0.2, 0.25) is 0 Å². The molecule has 0 unspecified atom stereocenters. The molecule has 1 N–H and O–H groups in total. The van der Waals surface area contributed by atoms with Crippen LogP contribution in [0.25, 0.3) is 11.1 Å². The summed E-state index contributed by atoms with van der Waals surface area (Å²) in [6, 6.07) is 2.11. The fourth-order valence-electron chi connectivity index (χ4n) is 1.93. The lowest BCUT2D eigenvalue weighted by atomic mass is 10.0. The van der Waals surface area contributed by atoms with Crippen LogP contribution in [0.4, 0.5) is 17.6 Å². The number of rotatable bonds is 3. The molecule has 0 radical (unpaired) electrons. The Morgan fingerprint density at radius 2 is 2.05 bits per heavy atom. The Hall–Kier alpha value is -2.38. The van der Waals surface area contributed by atoms with Gasteiger partial charge in [-0.3, -0.25) is 4.68 Å². The van der Waals surface area contributed by atoms with Gasteiger partial charge >= 0.3 is 12.1 Å². The van der Waals surface area contributed by atoms with Crippen molar-refractivity contribution in [2.45, 2.75) is 19.6 Å². The fraction of sp³-hybridized carbons (Fsp3) is 0.231. The van der Waals surface area contributed by atoms with E-state index in [0.717, 1.165) is 18.3 Å². The van der Waals surface area contributed by atoms with Crippen molar-refractivity contribution in [1.29, 1.82) is 0 Å². The summed E-state index contributed by atoms with van der Waals surface area (Å²) < 4.78 is 51.1. The van der Waals surface area contributed by atoms with Crippen LogP contribution in [0.15, 0.2) is 24.5 Å². The Morgan fingerprint density at radius 3 is 2.62 bits per heavy atom. The summed E-state index contributed by atoms with van der Waals surface area (Å²) in [5.41, 5.74) is 0.526. The molecule has 0 fully saturated rings. The molecule has 0 spiro atoms. The number of nitrogens with zero attached hydrogens (tertiary/aromatic N) is 2. The summed E-state index contributed by atoms with van der Waals surface area (Å²) in [7, 11) is 0. The molecule has 2 rings (SSSR count). The van der Waals surface area contributed by atoms with E-state index in [9.17, 15) is 22.4 Å². The van der Waals surface area contributed by atoms with Gasteiger partial charge in [0.25, 0.3) is 0 Å². The molecular formula is C13H10F4N2O2. The molecule has 0 amide bonds. The Kier molecular flexibility index (Phi) is 3.71. The number of alkyl halides is 3. The maximum Gasteiger partial charge on any atom is 0.408 e. The molecule has 0 atom stereocenters. The number of halogens is 4. The van der Waals surface area contributed by atoms with E-state index in [1.54, 1.807) is 6.92 Å². The van der Waals surface area contributed by atoms with Crippen LogP contribution >= 0.6 is 0 Å². The van der Waals surface area contributed by atoms with Crippen LogP contribution in [0, 0.1) is 12.7 Å². The molecule has 0 saturated carbocycles. The zero-order chi connectivity index (χ0) is 15.8. The van der Waals surface area contributed by atoms with Gasteiger partial charge in [0.1, 0.15) is 12.4 Å². The first-order chi connectivity index (χ1) is 9.67. The van der Waals surface area contributed by atoms with Crippen LogP contribution in [-0.4, -0.2) is 27.0 Å². The Bertz CT molecular complexity index is 692. The molecule has 1 aromatic heterocycles. The van der Waals surface area contributed by atoms with Gasteiger partial charge in [-0.2, -0.15) is 18.3 Å². The molecule has 21 heavy (non-hydrogen) atoms. The van der Waals surface area contributed by atoms with Crippen molar-refractivity contribution in [1.82, 2.24) is 9.78 Å². The lowest BCUT2D eigenvalue weighted by molar-refractivity contribution is -0.142. The third kappa shape index (κ3) is 3.39. The predicted octanol–water partition coefficient (Wildman–Crippen LogP) is 3.26. The first-order valence-corrected chi connectivity index (χ1v) is 5.80. The standard InChI is InChI=1S/C13H10F4N2O2/c1-7-2-10(12(20)21)11(14)3-9(7)8-4-18-19(5-8)6-13(15,16)17/h2-5H,6H2,1H3,(H,20,21). The van der Waals surface area contributed by atoms with Crippen LogP contribution < -0.4 is 0 Å². The Labute approximate surface area is 116 Å². The zero-order valence-electron chi connectivity index (χ0n) is 10.8. The topological polar surface area (TPSA) is 55.1 Å². The summed E-state index contributed by atoms with van der Waals surface area (Å²) >= 11 is 0. The quantitative estimate of drug-likeness (QED) is 0.885. The maximum absolute atomic E-state index is 13.7. The summed E-state index contributed by atoms with van der Waals surface area (Å²) in [5.74, 6) is -2.36. The van der Waals surface area contributed by atoms with Crippen molar-refractivity contribution in [3.05, 3.63) is 41.5 Å². The van der Waals surface area contributed by atoms with Gasteiger partial charge in [-0.05, 0) is 30.2 Å². The highest BCUT2D eigenvalue weighted by atomic mass is 19.4. The number of hydrogen-bond donors (Lipinski definition) is 1. The second kappa shape index (κ2) is 5.19. The lowest BCUT2D eigenvalue weighted by Crippen LogP contribution is -2.17. The molecule has 1 aromatic carbocycles. The average molecular weight is 302 g/mol. The number of aryl methyl sites for hydroxylation is 1. The van der Waals surface area contributed by atoms with Crippen molar-refractivity contribution in [2.24, 2.45) is 0 Å². The molecule has 0 aliphatic rings. The minimum atomic E-state index is -4.41. The van der Waals surface area contributed by atoms with Gasteiger partial charge in [-0.15, -0.1) is 0 Å². The summed E-state index contributed by atoms with van der Waals surface area (Å²) in [5, 5.41) is 12.4. The van der Waals surface area contributed by atoms with E-state index in [4.69, 9.17) is 5.11 Å². The van der Waals surface area contributed by atoms with Crippen LogP contribution in [0.2, 0.25) is 0 Å².